The minimum Gasteiger partial charge on any atom is -0.478 e. The second kappa shape index (κ2) is 2.58. The zero-order valence-electron chi connectivity index (χ0n) is 8.46. The number of carboxylic acids is 1. The van der Waals surface area contributed by atoms with Gasteiger partial charge in [-0.2, -0.15) is 0 Å². The van der Waals surface area contributed by atoms with Crippen LogP contribution in [0, 0.1) is 10.8 Å². The fraction of sp³-hybridized carbons (Fsp3) is 0.700. The number of carboxylic acid groups (broad SMARTS) is 1. The molecule has 0 spiro atoms. The van der Waals surface area contributed by atoms with Crippen molar-refractivity contribution in [3.63, 3.8) is 0 Å². The average Bonchev–Trinajstić information content (AvgIpc) is 2.11. The van der Waals surface area contributed by atoms with E-state index in [2.05, 4.69) is 0 Å². The molecular weight excluding hydrogens is 168 g/mol. The molecule has 74 valence electrons. The van der Waals surface area contributed by atoms with Gasteiger partial charge < -0.3 is 10.2 Å². The topological polar surface area (TPSA) is 57.5 Å². The molecule has 0 saturated carbocycles. The van der Waals surface area contributed by atoms with Gasteiger partial charge in [0.15, 0.2) is 0 Å². The van der Waals surface area contributed by atoms with E-state index in [1.807, 2.05) is 13.8 Å². The van der Waals surface area contributed by atoms with E-state index in [0.29, 0.717) is 5.57 Å². The highest BCUT2D eigenvalue weighted by molar-refractivity contribution is 5.89. The molecule has 2 N–H and O–H groups in total. The summed E-state index contributed by atoms with van der Waals surface area (Å²) in [7, 11) is 0. The largest absolute Gasteiger partial charge is 0.478 e. The van der Waals surface area contributed by atoms with Gasteiger partial charge in [-0.3, -0.25) is 0 Å². The smallest absolute Gasteiger partial charge is 0.331 e. The molecule has 0 bridgehead atoms. The Bertz CT molecular complexity index is 274. The quantitative estimate of drug-likeness (QED) is 0.648. The summed E-state index contributed by atoms with van der Waals surface area (Å²) in [4.78, 5) is 10.9. The van der Waals surface area contributed by atoms with Crippen molar-refractivity contribution in [1.82, 2.24) is 0 Å². The SMILES string of the molecule is CC1(C)C=C(C(=O)O)C(C)(C)C1O. The fourth-order valence-corrected chi connectivity index (χ4v) is 2.05. The van der Waals surface area contributed by atoms with Crippen molar-refractivity contribution in [2.24, 2.45) is 10.8 Å². The Morgan fingerprint density at radius 2 is 1.85 bits per heavy atom. The van der Waals surface area contributed by atoms with Crippen LogP contribution in [0.4, 0.5) is 0 Å². The first kappa shape index (κ1) is 10.3. The van der Waals surface area contributed by atoms with E-state index in [-0.39, 0.29) is 0 Å². The van der Waals surface area contributed by atoms with Crippen LogP contribution in [0.2, 0.25) is 0 Å². The summed E-state index contributed by atoms with van der Waals surface area (Å²) in [6.45, 7) is 7.20. The molecule has 1 atom stereocenters. The normalized spacial score (nSPS) is 29.9. The summed E-state index contributed by atoms with van der Waals surface area (Å²) < 4.78 is 0. The van der Waals surface area contributed by atoms with Gasteiger partial charge in [0.25, 0.3) is 0 Å². The van der Waals surface area contributed by atoms with E-state index >= 15 is 0 Å². The zero-order valence-corrected chi connectivity index (χ0v) is 8.46. The lowest BCUT2D eigenvalue weighted by molar-refractivity contribution is -0.134. The highest BCUT2D eigenvalue weighted by Crippen LogP contribution is 2.47. The molecule has 0 aromatic rings. The Hall–Kier alpha value is -0.830. The molecule has 3 nitrogen and oxygen atoms in total. The molecule has 1 aliphatic carbocycles. The van der Waals surface area contributed by atoms with E-state index in [9.17, 15) is 9.90 Å². The highest BCUT2D eigenvalue weighted by atomic mass is 16.4. The molecule has 0 saturated heterocycles. The Kier molecular flexibility index (Phi) is 2.03. The minimum atomic E-state index is -0.936. The number of hydrogen-bond acceptors (Lipinski definition) is 2. The standard InChI is InChI=1S/C10H16O3/c1-9(2)5-6(7(11)12)10(3,4)8(9)13/h5,8,13H,1-4H3,(H,11,12). The summed E-state index contributed by atoms with van der Waals surface area (Å²) in [5.74, 6) is -0.936. The lowest BCUT2D eigenvalue weighted by Gasteiger charge is -2.31. The van der Waals surface area contributed by atoms with Crippen LogP contribution in [-0.4, -0.2) is 22.3 Å². The average molecular weight is 184 g/mol. The lowest BCUT2D eigenvalue weighted by Crippen LogP contribution is -2.36. The van der Waals surface area contributed by atoms with Gasteiger partial charge in [-0.15, -0.1) is 0 Å². The molecule has 0 aliphatic heterocycles. The number of aliphatic carboxylic acids is 1. The van der Waals surface area contributed by atoms with Gasteiger partial charge >= 0.3 is 5.97 Å². The first-order chi connectivity index (χ1) is 5.69. The Morgan fingerprint density at radius 3 is 2.00 bits per heavy atom. The van der Waals surface area contributed by atoms with Crippen molar-refractivity contribution in [2.75, 3.05) is 0 Å². The van der Waals surface area contributed by atoms with E-state index in [0.717, 1.165) is 0 Å². The third-order valence-electron chi connectivity index (χ3n) is 2.83. The second-order valence-electron chi connectivity index (χ2n) is 4.81. The minimum absolute atomic E-state index is 0.310. The van der Waals surface area contributed by atoms with Crippen molar-refractivity contribution in [3.8, 4) is 0 Å². The first-order valence-electron chi connectivity index (χ1n) is 4.34. The Balaban J connectivity index is 3.17. The lowest BCUT2D eigenvalue weighted by atomic mass is 9.77. The predicted molar refractivity (Wildman–Crippen MR) is 49.3 cm³/mol. The highest BCUT2D eigenvalue weighted by Gasteiger charge is 2.49. The monoisotopic (exact) mass is 184 g/mol. The van der Waals surface area contributed by atoms with Crippen LogP contribution >= 0.6 is 0 Å². The van der Waals surface area contributed by atoms with Crippen molar-refractivity contribution in [3.05, 3.63) is 11.6 Å². The van der Waals surface area contributed by atoms with Gasteiger partial charge in [-0.25, -0.2) is 4.79 Å². The molecule has 1 unspecified atom stereocenters. The van der Waals surface area contributed by atoms with Gasteiger partial charge in [-0.1, -0.05) is 33.8 Å². The van der Waals surface area contributed by atoms with E-state index in [4.69, 9.17) is 5.11 Å². The zero-order chi connectivity index (χ0) is 10.4. The van der Waals surface area contributed by atoms with Gasteiger partial charge in [0.05, 0.1) is 6.10 Å². The maximum atomic E-state index is 10.9. The van der Waals surface area contributed by atoms with Gasteiger partial charge in [0.2, 0.25) is 0 Å². The van der Waals surface area contributed by atoms with Crippen LogP contribution in [-0.2, 0) is 4.79 Å². The molecule has 13 heavy (non-hydrogen) atoms. The van der Waals surface area contributed by atoms with Crippen molar-refractivity contribution >= 4 is 5.97 Å². The van der Waals surface area contributed by atoms with Crippen LogP contribution in [0.5, 0.6) is 0 Å². The third-order valence-corrected chi connectivity index (χ3v) is 2.83. The molecule has 3 heteroatoms. The molecule has 0 radical (unpaired) electrons. The maximum Gasteiger partial charge on any atom is 0.331 e. The molecule has 1 aliphatic rings. The molecule has 0 amide bonds. The molecule has 0 fully saturated rings. The van der Waals surface area contributed by atoms with E-state index in [1.165, 1.54) is 0 Å². The van der Waals surface area contributed by atoms with E-state index < -0.39 is 22.9 Å². The summed E-state index contributed by atoms with van der Waals surface area (Å²) in [6.07, 6.45) is 1.02. The van der Waals surface area contributed by atoms with Crippen molar-refractivity contribution in [2.45, 2.75) is 33.8 Å². The van der Waals surface area contributed by atoms with Crippen LogP contribution in [0.3, 0.4) is 0 Å². The summed E-state index contributed by atoms with van der Waals surface area (Å²) >= 11 is 0. The van der Waals surface area contributed by atoms with Crippen molar-refractivity contribution in [1.29, 1.82) is 0 Å². The van der Waals surface area contributed by atoms with Gasteiger partial charge in [0.1, 0.15) is 0 Å². The number of hydrogen-bond donors (Lipinski definition) is 2. The number of aliphatic hydroxyl groups excluding tert-OH is 1. The summed E-state index contributed by atoms with van der Waals surface area (Å²) in [6, 6.07) is 0. The molecule has 0 aromatic heterocycles. The van der Waals surface area contributed by atoms with Crippen molar-refractivity contribution < 1.29 is 15.0 Å². The molecule has 0 heterocycles. The maximum absolute atomic E-state index is 10.9. The number of rotatable bonds is 1. The number of aliphatic hydroxyl groups is 1. The van der Waals surface area contributed by atoms with Crippen LogP contribution in [0.25, 0.3) is 0 Å². The van der Waals surface area contributed by atoms with E-state index in [1.54, 1.807) is 19.9 Å². The Labute approximate surface area is 78.1 Å². The first-order valence-corrected chi connectivity index (χ1v) is 4.34. The summed E-state index contributed by atoms with van der Waals surface area (Å²) in [5.41, 5.74) is -0.794. The second-order valence-corrected chi connectivity index (χ2v) is 4.81. The molecule has 1 rings (SSSR count). The fourth-order valence-electron chi connectivity index (χ4n) is 2.05. The van der Waals surface area contributed by atoms with Crippen LogP contribution in [0.15, 0.2) is 11.6 Å². The molecular formula is C10H16O3. The van der Waals surface area contributed by atoms with Gasteiger partial charge in [0, 0.05) is 16.4 Å². The predicted octanol–water partition coefficient (Wildman–Crippen LogP) is 1.42. The third kappa shape index (κ3) is 1.37. The Morgan fingerprint density at radius 1 is 1.38 bits per heavy atom. The number of carbonyl (C=O) groups is 1. The van der Waals surface area contributed by atoms with Gasteiger partial charge in [-0.05, 0) is 0 Å². The molecule has 0 aromatic carbocycles. The van der Waals surface area contributed by atoms with Crippen LogP contribution < -0.4 is 0 Å². The summed E-state index contributed by atoms with van der Waals surface area (Å²) in [5, 5.41) is 18.8. The van der Waals surface area contributed by atoms with Crippen LogP contribution in [0.1, 0.15) is 27.7 Å².